The van der Waals surface area contributed by atoms with E-state index >= 15 is 0 Å². The first-order valence-electron chi connectivity index (χ1n) is 7.48. The molecular weight excluding hydrogens is 258 g/mol. The molecule has 0 bridgehead atoms. The second kappa shape index (κ2) is 7.50. The van der Waals surface area contributed by atoms with E-state index in [0.717, 1.165) is 19.3 Å². The monoisotopic (exact) mass is 285 g/mol. The number of carbonyl (C=O) groups is 2. The van der Waals surface area contributed by atoms with Gasteiger partial charge in [0.1, 0.15) is 5.60 Å². The zero-order valence-electron chi connectivity index (χ0n) is 13.1. The number of piperidine rings is 1. The normalized spacial score (nSPS) is 19.6. The van der Waals surface area contributed by atoms with Gasteiger partial charge in [0.05, 0.1) is 6.61 Å². The molecule has 5 heteroatoms. The summed E-state index contributed by atoms with van der Waals surface area (Å²) in [6, 6.07) is 0.0861. The summed E-state index contributed by atoms with van der Waals surface area (Å²) in [5, 5.41) is 0. The molecule has 1 rings (SSSR count). The third-order valence-electron chi connectivity index (χ3n) is 3.24. The van der Waals surface area contributed by atoms with Crippen molar-refractivity contribution in [2.24, 2.45) is 0 Å². The summed E-state index contributed by atoms with van der Waals surface area (Å²) in [6.07, 6.45) is 3.75. The van der Waals surface area contributed by atoms with Crippen molar-refractivity contribution >= 4 is 12.1 Å². The Kier molecular flexibility index (Phi) is 6.30. The van der Waals surface area contributed by atoms with Gasteiger partial charge in [0.25, 0.3) is 0 Å². The molecule has 0 aromatic rings. The van der Waals surface area contributed by atoms with Crippen LogP contribution >= 0.6 is 0 Å². The minimum absolute atomic E-state index is 0.0861. The SMILES string of the molecule is CCOC(=O)CC[C@@H]1CCCCN1C(=O)OC(C)(C)C. The van der Waals surface area contributed by atoms with E-state index in [1.165, 1.54) is 0 Å². The first-order valence-corrected chi connectivity index (χ1v) is 7.48. The van der Waals surface area contributed by atoms with Crippen molar-refractivity contribution in [3.05, 3.63) is 0 Å². The molecule has 5 nitrogen and oxygen atoms in total. The van der Waals surface area contributed by atoms with Crippen LogP contribution in [0.15, 0.2) is 0 Å². The molecule has 0 radical (unpaired) electrons. The van der Waals surface area contributed by atoms with E-state index in [0.29, 0.717) is 26.0 Å². The van der Waals surface area contributed by atoms with Crippen molar-refractivity contribution in [1.82, 2.24) is 4.90 Å². The molecule has 1 heterocycles. The van der Waals surface area contributed by atoms with Crippen LogP contribution in [0.3, 0.4) is 0 Å². The van der Waals surface area contributed by atoms with Crippen LogP contribution in [0.2, 0.25) is 0 Å². The zero-order valence-corrected chi connectivity index (χ0v) is 13.1. The summed E-state index contributed by atoms with van der Waals surface area (Å²) in [7, 11) is 0. The number of ether oxygens (including phenoxy) is 2. The lowest BCUT2D eigenvalue weighted by Gasteiger charge is -2.36. The van der Waals surface area contributed by atoms with Crippen molar-refractivity contribution in [2.75, 3.05) is 13.2 Å². The van der Waals surface area contributed by atoms with Crippen LogP contribution in [0.5, 0.6) is 0 Å². The zero-order chi connectivity index (χ0) is 15.2. The van der Waals surface area contributed by atoms with Gasteiger partial charge in [-0.05, 0) is 53.4 Å². The van der Waals surface area contributed by atoms with Crippen molar-refractivity contribution < 1.29 is 19.1 Å². The Hall–Kier alpha value is -1.26. The van der Waals surface area contributed by atoms with Gasteiger partial charge in [-0.2, -0.15) is 0 Å². The molecule has 116 valence electrons. The van der Waals surface area contributed by atoms with Crippen LogP contribution in [-0.2, 0) is 14.3 Å². The highest BCUT2D eigenvalue weighted by Gasteiger charge is 2.30. The molecule has 0 spiro atoms. The molecule has 1 atom stereocenters. The number of amides is 1. The predicted octanol–water partition coefficient (Wildman–Crippen LogP) is 3.12. The Morgan fingerprint density at radius 1 is 1.25 bits per heavy atom. The summed E-state index contributed by atoms with van der Waals surface area (Å²) >= 11 is 0. The molecule has 0 N–H and O–H groups in total. The third-order valence-corrected chi connectivity index (χ3v) is 3.24. The molecule has 0 unspecified atom stereocenters. The second-order valence-corrected chi connectivity index (χ2v) is 6.17. The highest BCUT2D eigenvalue weighted by molar-refractivity contribution is 5.70. The number of carbonyl (C=O) groups excluding carboxylic acids is 2. The van der Waals surface area contributed by atoms with Crippen molar-refractivity contribution in [2.45, 2.75) is 71.4 Å². The first-order chi connectivity index (χ1) is 9.33. The summed E-state index contributed by atoms with van der Waals surface area (Å²) in [4.78, 5) is 25.4. The van der Waals surface area contributed by atoms with Gasteiger partial charge in [0.2, 0.25) is 0 Å². The Bertz CT molecular complexity index is 335. The molecule has 0 aromatic heterocycles. The highest BCUT2D eigenvalue weighted by atomic mass is 16.6. The van der Waals surface area contributed by atoms with Gasteiger partial charge in [-0.25, -0.2) is 4.79 Å². The average molecular weight is 285 g/mol. The van der Waals surface area contributed by atoms with Crippen molar-refractivity contribution in [3.63, 3.8) is 0 Å². The van der Waals surface area contributed by atoms with E-state index in [1.54, 1.807) is 11.8 Å². The van der Waals surface area contributed by atoms with E-state index in [2.05, 4.69) is 0 Å². The number of nitrogens with zero attached hydrogens (tertiary/aromatic N) is 1. The minimum Gasteiger partial charge on any atom is -0.466 e. The molecule has 1 fully saturated rings. The first kappa shape index (κ1) is 16.8. The Labute approximate surface area is 121 Å². The van der Waals surface area contributed by atoms with Crippen LogP contribution in [0.1, 0.15) is 59.8 Å². The van der Waals surface area contributed by atoms with Gasteiger partial charge in [-0.3, -0.25) is 4.79 Å². The molecule has 20 heavy (non-hydrogen) atoms. The fourth-order valence-electron chi connectivity index (χ4n) is 2.38. The molecule has 0 saturated carbocycles. The lowest BCUT2D eigenvalue weighted by atomic mass is 9.98. The van der Waals surface area contributed by atoms with Gasteiger partial charge in [-0.1, -0.05) is 0 Å². The number of rotatable bonds is 4. The van der Waals surface area contributed by atoms with Crippen LogP contribution in [0.25, 0.3) is 0 Å². The maximum Gasteiger partial charge on any atom is 0.410 e. The molecular formula is C15H27NO4. The molecule has 1 saturated heterocycles. The topological polar surface area (TPSA) is 55.8 Å². The summed E-state index contributed by atoms with van der Waals surface area (Å²) in [5.41, 5.74) is -0.486. The number of esters is 1. The smallest absolute Gasteiger partial charge is 0.410 e. The maximum absolute atomic E-state index is 12.2. The fourth-order valence-corrected chi connectivity index (χ4v) is 2.38. The lowest BCUT2D eigenvalue weighted by molar-refractivity contribution is -0.143. The summed E-state index contributed by atoms with van der Waals surface area (Å²) in [6.45, 7) is 8.50. The molecule has 0 aromatic carbocycles. The molecule has 1 amide bonds. The van der Waals surface area contributed by atoms with Crippen LogP contribution in [0, 0.1) is 0 Å². The van der Waals surface area contributed by atoms with E-state index in [1.807, 2.05) is 20.8 Å². The van der Waals surface area contributed by atoms with E-state index < -0.39 is 5.60 Å². The Morgan fingerprint density at radius 2 is 1.95 bits per heavy atom. The van der Waals surface area contributed by atoms with E-state index in [4.69, 9.17) is 9.47 Å². The predicted molar refractivity (Wildman–Crippen MR) is 76.4 cm³/mol. The van der Waals surface area contributed by atoms with Crippen LogP contribution in [-0.4, -0.2) is 41.8 Å². The quantitative estimate of drug-likeness (QED) is 0.745. The summed E-state index contributed by atoms with van der Waals surface area (Å²) in [5.74, 6) is -0.192. The van der Waals surface area contributed by atoms with Gasteiger partial charge < -0.3 is 14.4 Å². The number of likely N-dealkylation sites (tertiary alicyclic amines) is 1. The van der Waals surface area contributed by atoms with Crippen LogP contribution < -0.4 is 0 Å². The Balaban J connectivity index is 2.53. The van der Waals surface area contributed by atoms with Crippen molar-refractivity contribution in [3.8, 4) is 0 Å². The minimum atomic E-state index is -0.486. The van der Waals surface area contributed by atoms with Gasteiger partial charge >= 0.3 is 12.1 Å². The Morgan fingerprint density at radius 3 is 2.55 bits per heavy atom. The molecule has 1 aliphatic heterocycles. The second-order valence-electron chi connectivity index (χ2n) is 6.17. The maximum atomic E-state index is 12.2. The number of hydrogen-bond donors (Lipinski definition) is 0. The number of hydrogen-bond acceptors (Lipinski definition) is 4. The van der Waals surface area contributed by atoms with Crippen molar-refractivity contribution in [1.29, 1.82) is 0 Å². The highest BCUT2D eigenvalue weighted by Crippen LogP contribution is 2.23. The standard InChI is InChI=1S/C15H27NO4/c1-5-19-13(17)10-9-12-8-6-7-11-16(12)14(18)20-15(2,3)4/h12H,5-11H2,1-4H3/t12-/m0/s1. The van der Waals surface area contributed by atoms with E-state index in [9.17, 15) is 9.59 Å². The van der Waals surface area contributed by atoms with Gasteiger partial charge in [-0.15, -0.1) is 0 Å². The lowest BCUT2D eigenvalue weighted by Crippen LogP contribution is -2.46. The van der Waals surface area contributed by atoms with Crippen LogP contribution in [0.4, 0.5) is 4.79 Å². The fraction of sp³-hybridized carbons (Fsp3) is 0.867. The third kappa shape index (κ3) is 5.80. The van der Waals surface area contributed by atoms with E-state index in [-0.39, 0.29) is 18.1 Å². The molecule has 0 aliphatic carbocycles. The van der Waals surface area contributed by atoms with Gasteiger partial charge in [0.15, 0.2) is 0 Å². The molecule has 1 aliphatic rings. The average Bonchev–Trinajstić information content (AvgIpc) is 2.35. The summed E-state index contributed by atoms with van der Waals surface area (Å²) < 4.78 is 10.4. The van der Waals surface area contributed by atoms with Gasteiger partial charge in [0, 0.05) is 19.0 Å². The largest absolute Gasteiger partial charge is 0.466 e.